The quantitative estimate of drug-likeness (QED) is 0.661. The lowest BCUT2D eigenvalue weighted by Gasteiger charge is -2.08. The first-order valence-corrected chi connectivity index (χ1v) is 8.94. The van der Waals surface area contributed by atoms with Gasteiger partial charge in [0.05, 0.1) is 0 Å². The Bertz CT molecular complexity index is 926. The first-order valence-electron chi connectivity index (χ1n) is 7.05. The monoisotopic (exact) mass is 342 g/mol. The molecule has 0 saturated carbocycles. The van der Waals surface area contributed by atoms with Crippen LogP contribution in [0.2, 0.25) is 0 Å². The largest absolute Gasteiger partial charge is 0.457 e. The van der Waals surface area contributed by atoms with E-state index in [4.69, 9.17) is 9.47 Å². The van der Waals surface area contributed by atoms with Crippen LogP contribution in [-0.4, -0.2) is 24.6 Å². The van der Waals surface area contributed by atoms with Crippen LogP contribution in [0.4, 0.5) is 0 Å². The topological polar surface area (TPSA) is 78.4 Å². The maximum atomic E-state index is 11.5. The van der Waals surface area contributed by atoms with Crippen LogP contribution in [0.3, 0.4) is 0 Å². The number of ether oxygens (including phenoxy) is 2. The summed E-state index contributed by atoms with van der Waals surface area (Å²) in [6.45, 7) is 0. The zero-order chi connectivity index (χ0) is 17.0. The van der Waals surface area contributed by atoms with Crippen LogP contribution in [0, 0.1) is 0 Å². The van der Waals surface area contributed by atoms with Gasteiger partial charge in [-0.25, -0.2) is 13.4 Å². The average molecular weight is 342 g/mol. The fraction of sp³-hybridized carbons (Fsp3) is 0.0588. The number of benzene rings is 2. The van der Waals surface area contributed by atoms with E-state index in [0.29, 0.717) is 11.5 Å². The number of rotatable bonds is 5. The van der Waals surface area contributed by atoms with Crippen LogP contribution in [0.25, 0.3) is 0 Å². The fourth-order valence-corrected chi connectivity index (χ4v) is 2.39. The molecule has 3 aromatic rings. The predicted octanol–water partition coefficient (Wildman–Crippen LogP) is 3.46. The van der Waals surface area contributed by atoms with Crippen molar-refractivity contribution in [3.05, 3.63) is 66.9 Å². The third-order valence-electron chi connectivity index (χ3n) is 2.96. The number of hydrogen-bond acceptors (Lipinski definition) is 6. The van der Waals surface area contributed by atoms with E-state index in [1.54, 1.807) is 24.3 Å². The zero-order valence-corrected chi connectivity index (χ0v) is 13.6. The minimum atomic E-state index is -3.48. The zero-order valence-electron chi connectivity index (χ0n) is 12.8. The van der Waals surface area contributed by atoms with Gasteiger partial charge >= 0.3 is 0 Å². The van der Waals surface area contributed by atoms with Gasteiger partial charge in [0, 0.05) is 18.5 Å². The van der Waals surface area contributed by atoms with Crippen molar-refractivity contribution in [2.45, 2.75) is 5.16 Å². The minimum absolute atomic E-state index is 0.155. The summed E-state index contributed by atoms with van der Waals surface area (Å²) in [7, 11) is -3.48. The van der Waals surface area contributed by atoms with Gasteiger partial charge in [-0.2, -0.15) is 4.98 Å². The molecule has 2 aromatic carbocycles. The highest BCUT2D eigenvalue weighted by Crippen LogP contribution is 2.26. The second-order valence-electron chi connectivity index (χ2n) is 4.94. The second kappa shape index (κ2) is 6.67. The van der Waals surface area contributed by atoms with Crippen molar-refractivity contribution in [3.63, 3.8) is 0 Å². The van der Waals surface area contributed by atoms with Gasteiger partial charge < -0.3 is 9.47 Å². The lowest BCUT2D eigenvalue weighted by atomic mass is 10.3. The summed E-state index contributed by atoms with van der Waals surface area (Å²) < 4.78 is 34.2. The normalized spacial score (nSPS) is 11.0. The molecule has 3 rings (SSSR count). The van der Waals surface area contributed by atoms with Crippen molar-refractivity contribution in [3.8, 4) is 23.1 Å². The summed E-state index contributed by atoms with van der Waals surface area (Å²) in [5.41, 5.74) is 0. The van der Waals surface area contributed by atoms with Crippen LogP contribution in [0.15, 0.2) is 72.0 Å². The molecule has 0 atom stereocenters. The SMILES string of the molecule is CS(=O)(=O)c1nccc(Oc2ccc(Oc3ccccc3)cc2)n1. The highest BCUT2D eigenvalue weighted by atomic mass is 32.2. The molecule has 6 nitrogen and oxygen atoms in total. The van der Waals surface area contributed by atoms with Gasteiger partial charge in [-0.15, -0.1) is 0 Å². The molecule has 1 heterocycles. The van der Waals surface area contributed by atoms with Crippen LogP contribution in [-0.2, 0) is 9.84 Å². The van der Waals surface area contributed by atoms with Gasteiger partial charge in [-0.05, 0) is 36.4 Å². The number of aromatic nitrogens is 2. The van der Waals surface area contributed by atoms with Crippen molar-refractivity contribution in [2.24, 2.45) is 0 Å². The van der Waals surface area contributed by atoms with Crippen LogP contribution >= 0.6 is 0 Å². The van der Waals surface area contributed by atoms with Crippen molar-refractivity contribution in [2.75, 3.05) is 6.26 Å². The fourth-order valence-electron chi connectivity index (χ4n) is 1.88. The number of para-hydroxylation sites is 1. The molecular formula is C17H14N2O4S. The molecule has 0 aliphatic rings. The molecule has 0 spiro atoms. The standard InChI is InChI=1S/C17H14N2O4S/c1-24(20,21)17-18-12-11-16(19-17)23-15-9-7-14(8-10-15)22-13-5-3-2-4-6-13/h2-12H,1H3. The van der Waals surface area contributed by atoms with E-state index in [1.807, 2.05) is 30.3 Å². The molecule has 7 heteroatoms. The van der Waals surface area contributed by atoms with E-state index in [0.717, 1.165) is 12.0 Å². The summed E-state index contributed by atoms with van der Waals surface area (Å²) in [5.74, 6) is 2.06. The first kappa shape index (κ1) is 15.9. The lowest BCUT2D eigenvalue weighted by molar-refractivity contribution is 0.449. The smallest absolute Gasteiger partial charge is 0.250 e. The van der Waals surface area contributed by atoms with E-state index in [2.05, 4.69) is 9.97 Å². The van der Waals surface area contributed by atoms with Gasteiger partial charge in [0.25, 0.3) is 0 Å². The summed E-state index contributed by atoms with van der Waals surface area (Å²) in [6.07, 6.45) is 2.38. The molecule has 0 radical (unpaired) electrons. The molecule has 0 fully saturated rings. The molecule has 24 heavy (non-hydrogen) atoms. The number of sulfone groups is 1. The Morgan fingerprint density at radius 3 is 2.00 bits per heavy atom. The van der Waals surface area contributed by atoms with Crippen molar-refractivity contribution in [1.82, 2.24) is 9.97 Å². The van der Waals surface area contributed by atoms with Crippen molar-refractivity contribution < 1.29 is 17.9 Å². The van der Waals surface area contributed by atoms with E-state index in [9.17, 15) is 8.42 Å². The number of nitrogens with zero attached hydrogens (tertiary/aromatic N) is 2. The Kier molecular flexibility index (Phi) is 4.43. The van der Waals surface area contributed by atoms with Gasteiger partial charge in [-0.1, -0.05) is 18.2 Å². The highest BCUT2D eigenvalue weighted by molar-refractivity contribution is 7.90. The van der Waals surface area contributed by atoms with E-state index in [1.165, 1.54) is 12.3 Å². The molecule has 0 aliphatic carbocycles. The molecular weight excluding hydrogens is 328 g/mol. The van der Waals surface area contributed by atoms with Gasteiger partial charge in [-0.3, -0.25) is 0 Å². The molecule has 0 N–H and O–H groups in total. The molecule has 122 valence electrons. The Hall–Kier alpha value is -2.93. The Morgan fingerprint density at radius 2 is 1.38 bits per heavy atom. The Balaban J connectivity index is 1.73. The van der Waals surface area contributed by atoms with Crippen molar-refractivity contribution >= 4 is 9.84 Å². The van der Waals surface area contributed by atoms with Gasteiger partial charge in [0.15, 0.2) is 0 Å². The van der Waals surface area contributed by atoms with Gasteiger partial charge in [0.1, 0.15) is 17.2 Å². The molecule has 0 bridgehead atoms. The molecule has 1 aromatic heterocycles. The maximum absolute atomic E-state index is 11.5. The molecule has 0 aliphatic heterocycles. The summed E-state index contributed by atoms with van der Waals surface area (Å²) in [4.78, 5) is 7.59. The Morgan fingerprint density at radius 1 is 0.792 bits per heavy atom. The predicted molar refractivity (Wildman–Crippen MR) is 88.2 cm³/mol. The summed E-state index contributed by atoms with van der Waals surface area (Å²) >= 11 is 0. The molecule has 0 amide bonds. The van der Waals surface area contributed by atoms with E-state index >= 15 is 0 Å². The molecule has 0 saturated heterocycles. The van der Waals surface area contributed by atoms with E-state index < -0.39 is 9.84 Å². The van der Waals surface area contributed by atoms with Crippen LogP contribution in [0.1, 0.15) is 0 Å². The first-order chi connectivity index (χ1) is 11.5. The summed E-state index contributed by atoms with van der Waals surface area (Å²) in [6, 6.07) is 17.8. The summed E-state index contributed by atoms with van der Waals surface area (Å²) in [5, 5.41) is -0.274. The average Bonchev–Trinajstić information content (AvgIpc) is 2.57. The number of hydrogen-bond donors (Lipinski definition) is 0. The third-order valence-corrected chi connectivity index (χ3v) is 3.82. The van der Waals surface area contributed by atoms with Crippen LogP contribution < -0.4 is 9.47 Å². The Labute approximate surface area is 139 Å². The second-order valence-corrected chi connectivity index (χ2v) is 6.85. The van der Waals surface area contributed by atoms with E-state index in [-0.39, 0.29) is 11.0 Å². The van der Waals surface area contributed by atoms with Gasteiger partial charge in [0.2, 0.25) is 20.9 Å². The highest BCUT2D eigenvalue weighted by Gasteiger charge is 2.12. The van der Waals surface area contributed by atoms with Crippen molar-refractivity contribution in [1.29, 1.82) is 0 Å². The minimum Gasteiger partial charge on any atom is -0.457 e. The molecule has 0 unspecified atom stereocenters. The van der Waals surface area contributed by atoms with Crippen LogP contribution in [0.5, 0.6) is 23.1 Å². The maximum Gasteiger partial charge on any atom is 0.250 e. The lowest BCUT2D eigenvalue weighted by Crippen LogP contribution is -2.04. The third kappa shape index (κ3) is 4.08.